The van der Waals surface area contributed by atoms with Gasteiger partial charge in [-0.15, -0.1) is 0 Å². The summed E-state index contributed by atoms with van der Waals surface area (Å²) in [5.74, 6) is 0. The molecule has 0 aromatic heterocycles. The van der Waals surface area contributed by atoms with Gasteiger partial charge in [-0.2, -0.15) is 0 Å². The highest BCUT2D eigenvalue weighted by Crippen LogP contribution is 2.19. The summed E-state index contributed by atoms with van der Waals surface area (Å²) in [7, 11) is 1.66. The van der Waals surface area contributed by atoms with Crippen LogP contribution in [0.5, 0.6) is 0 Å². The summed E-state index contributed by atoms with van der Waals surface area (Å²) in [6.45, 7) is 5.18. The van der Waals surface area contributed by atoms with Crippen molar-refractivity contribution in [3.05, 3.63) is 41.7 Å². The minimum atomic E-state index is -0.892. The summed E-state index contributed by atoms with van der Waals surface area (Å²) >= 11 is 0. The number of benzene rings is 1. The molecule has 0 saturated carbocycles. The number of nitrogens with zero attached hydrogens (tertiary/aromatic N) is 1. The second kappa shape index (κ2) is 9.43. The largest absolute Gasteiger partial charge is 0.388 e. The molecule has 0 aliphatic heterocycles. The molecular weight excluding hydrogens is 295 g/mol. The maximum absolute atomic E-state index is 12.7. The fraction of sp³-hybridized carbons (Fsp3) is 0.500. The number of hydrogen-bond donors (Lipinski definition) is 2. The van der Waals surface area contributed by atoms with Gasteiger partial charge >= 0.3 is 0 Å². The van der Waals surface area contributed by atoms with Crippen molar-refractivity contribution in [1.82, 2.24) is 10.2 Å². The maximum atomic E-state index is 12.7. The van der Waals surface area contributed by atoms with E-state index in [-0.39, 0.29) is 0 Å². The van der Waals surface area contributed by atoms with Crippen molar-refractivity contribution in [2.45, 2.75) is 38.8 Å². The zero-order chi connectivity index (χ0) is 17.3. The first-order valence-electron chi connectivity index (χ1n) is 7.89. The number of carbonyl (C=O) groups is 1. The Morgan fingerprint density at radius 2 is 2.13 bits per heavy atom. The molecule has 0 bridgehead atoms. The number of likely N-dealkylation sites (N-methyl/N-ethyl adjacent to an activating group) is 1. The number of halogens is 1. The highest BCUT2D eigenvalue weighted by atomic mass is 19.1. The fourth-order valence-electron chi connectivity index (χ4n) is 2.53. The third-order valence-electron chi connectivity index (χ3n) is 4.07. The first-order chi connectivity index (χ1) is 11.0. The highest BCUT2D eigenvalue weighted by Gasteiger charge is 2.25. The Balaban J connectivity index is 2.56. The number of rotatable bonds is 10. The minimum absolute atomic E-state index is 0.314. The molecule has 128 valence electrons. The lowest BCUT2D eigenvalue weighted by molar-refractivity contribution is -0.120. The Labute approximate surface area is 138 Å². The van der Waals surface area contributed by atoms with Crippen LogP contribution in [0.25, 0.3) is 5.57 Å². The molecule has 1 rings (SSSR count). The summed E-state index contributed by atoms with van der Waals surface area (Å²) in [5.41, 5.74) is 1.61. The van der Waals surface area contributed by atoms with E-state index < -0.39 is 5.60 Å². The van der Waals surface area contributed by atoms with Crippen LogP contribution < -0.4 is 5.32 Å². The number of carbonyl (C=O) groups excluding carboxylic acids is 1. The van der Waals surface area contributed by atoms with Crippen LogP contribution >= 0.6 is 0 Å². The summed E-state index contributed by atoms with van der Waals surface area (Å²) in [6, 6.07) is 7.66. The van der Waals surface area contributed by atoms with Crippen LogP contribution in [0, 0.1) is 0 Å². The van der Waals surface area contributed by atoms with E-state index in [1.54, 1.807) is 14.0 Å². The number of hydrogen-bond acceptors (Lipinski definition) is 3. The van der Waals surface area contributed by atoms with E-state index >= 15 is 0 Å². The average molecular weight is 322 g/mol. The van der Waals surface area contributed by atoms with Gasteiger partial charge in [0.05, 0.1) is 11.9 Å². The normalized spacial score (nSPS) is 14.4. The second-order valence-corrected chi connectivity index (χ2v) is 5.97. The SMILES string of the molecule is CCC(O)(CCNCc1ccccc1/C(C)=C\F)CN(C)C=O. The Kier molecular flexibility index (Phi) is 7.92. The molecule has 4 nitrogen and oxygen atoms in total. The number of allylic oxidation sites excluding steroid dienone is 1. The van der Waals surface area contributed by atoms with Crippen LogP contribution in [-0.4, -0.2) is 42.2 Å². The van der Waals surface area contributed by atoms with Gasteiger partial charge in [0.25, 0.3) is 0 Å². The molecule has 1 amide bonds. The molecule has 5 heteroatoms. The van der Waals surface area contributed by atoms with E-state index in [1.807, 2.05) is 31.2 Å². The lowest BCUT2D eigenvalue weighted by Crippen LogP contribution is -2.42. The fourth-order valence-corrected chi connectivity index (χ4v) is 2.53. The predicted octanol–water partition coefficient (Wildman–Crippen LogP) is 2.73. The van der Waals surface area contributed by atoms with Crippen LogP contribution in [0.3, 0.4) is 0 Å². The standard InChI is InChI=1S/C18H27FN2O2/c1-4-18(23,13-21(3)14-22)9-10-20-12-16-7-5-6-8-17(16)15(2)11-19/h5-8,11,14,20,23H,4,9-10,12-13H2,1-3H3/b15-11-. The first-order valence-corrected chi connectivity index (χ1v) is 7.89. The molecule has 0 aliphatic carbocycles. The smallest absolute Gasteiger partial charge is 0.209 e. The van der Waals surface area contributed by atoms with E-state index in [9.17, 15) is 14.3 Å². The molecule has 23 heavy (non-hydrogen) atoms. The van der Waals surface area contributed by atoms with Gasteiger partial charge in [-0.1, -0.05) is 31.2 Å². The topological polar surface area (TPSA) is 52.6 Å². The molecule has 1 aromatic rings. The van der Waals surface area contributed by atoms with Gasteiger partial charge in [0, 0.05) is 20.1 Å². The van der Waals surface area contributed by atoms with Crippen molar-refractivity contribution >= 4 is 12.0 Å². The van der Waals surface area contributed by atoms with Crippen LogP contribution in [0.4, 0.5) is 4.39 Å². The zero-order valence-corrected chi connectivity index (χ0v) is 14.2. The Morgan fingerprint density at radius 3 is 2.74 bits per heavy atom. The molecule has 0 fully saturated rings. The lowest BCUT2D eigenvalue weighted by Gasteiger charge is -2.30. The van der Waals surface area contributed by atoms with Gasteiger partial charge in [-0.05, 0) is 43.0 Å². The van der Waals surface area contributed by atoms with Crippen molar-refractivity contribution in [3.63, 3.8) is 0 Å². The van der Waals surface area contributed by atoms with E-state index in [4.69, 9.17) is 0 Å². The first kappa shape index (κ1) is 19.3. The third-order valence-corrected chi connectivity index (χ3v) is 4.07. The Morgan fingerprint density at radius 1 is 1.43 bits per heavy atom. The molecule has 0 saturated heterocycles. The highest BCUT2D eigenvalue weighted by molar-refractivity contribution is 5.65. The summed E-state index contributed by atoms with van der Waals surface area (Å²) in [5, 5.41) is 13.8. The Bertz CT molecular complexity index is 534. The molecular formula is C18H27FN2O2. The zero-order valence-electron chi connectivity index (χ0n) is 14.2. The number of amides is 1. The average Bonchev–Trinajstić information content (AvgIpc) is 2.58. The van der Waals surface area contributed by atoms with Crippen molar-refractivity contribution in [3.8, 4) is 0 Å². The van der Waals surface area contributed by atoms with E-state index in [0.29, 0.717) is 44.4 Å². The predicted molar refractivity (Wildman–Crippen MR) is 91.5 cm³/mol. The van der Waals surface area contributed by atoms with Gasteiger partial charge in [0.1, 0.15) is 0 Å². The van der Waals surface area contributed by atoms with E-state index in [1.165, 1.54) is 4.90 Å². The summed E-state index contributed by atoms with van der Waals surface area (Å²) in [6.07, 6.45) is 2.45. The van der Waals surface area contributed by atoms with Crippen LogP contribution in [0.15, 0.2) is 30.6 Å². The van der Waals surface area contributed by atoms with Gasteiger partial charge in [0.15, 0.2) is 0 Å². The molecule has 0 aliphatic rings. The monoisotopic (exact) mass is 322 g/mol. The van der Waals surface area contributed by atoms with Crippen LogP contribution in [0.2, 0.25) is 0 Å². The maximum Gasteiger partial charge on any atom is 0.209 e. The molecule has 0 radical (unpaired) electrons. The molecule has 1 unspecified atom stereocenters. The van der Waals surface area contributed by atoms with Gasteiger partial charge < -0.3 is 15.3 Å². The summed E-state index contributed by atoms with van der Waals surface area (Å²) in [4.78, 5) is 12.2. The lowest BCUT2D eigenvalue weighted by atomic mass is 9.95. The van der Waals surface area contributed by atoms with Crippen LogP contribution in [0.1, 0.15) is 37.8 Å². The summed E-state index contributed by atoms with van der Waals surface area (Å²) < 4.78 is 12.7. The van der Waals surface area contributed by atoms with Gasteiger partial charge in [0.2, 0.25) is 6.41 Å². The van der Waals surface area contributed by atoms with E-state index in [2.05, 4.69) is 5.32 Å². The number of aliphatic hydroxyl groups is 1. The van der Waals surface area contributed by atoms with Crippen molar-refractivity contribution < 1.29 is 14.3 Å². The van der Waals surface area contributed by atoms with Crippen molar-refractivity contribution in [1.29, 1.82) is 0 Å². The van der Waals surface area contributed by atoms with Crippen molar-refractivity contribution in [2.75, 3.05) is 20.1 Å². The van der Waals surface area contributed by atoms with Crippen LogP contribution in [-0.2, 0) is 11.3 Å². The van der Waals surface area contributed by atoms with Gasteiger partial charge in [-0.25, -0.2) is 4.39 Å². The molecule has 1 aromatic carbocycles. The minimum Gasteiger partial charge on any atom is -0.388 e. The third kappa shape index (κ3) is 6.12. The molecule has 1 atom stereocenters. The van der Waals surface area contributed by atoms with E-state index in [0.717, 1.165) is 17.5 Å². The molecule has 0 heterocycles. The van der Waals surface area contributed by atoms with Crippen molar-refractivity contribution in [2.24, 2.45) is 0 Å². The second-order valence-electron chi connectivity index (χ2n) is 5.97. The quantitative estimate of drug-likeness (QED) is 0.514. The number of nitrogens with one attached hydrogen (secondary N) is 1. The van der Waals surface area contributed by atoms with Gasteiger partial charge in [-0.3, -0.25) is 4.79 Å². The molecule has 2 N–H and O–H groups in total. The Hall–Kier alpha value is -1.72. The molecule has 0 spiro atoms.